The van der Waals surface area contributed by atoms with E-state index in [1.54, 1.807) is 12.4 Å². The van der Waals surface area contributed by atoms with Gasteiger partial charge in [-0.05, 0) is 18.1 Å². The molecular weight excluding hydrogens is 154 g/mol. The second-order valence-corrected chi connectivity index (χ2v) is 2.41. The molecule has 3 nitrogen and oxygen atoms in total. The molecule has 0 spiro atoms. The van der Waals surface area contributed by atoms with E-state index < -0.39 is 0 Å². The van der Waals surface area contributed by atoms with Crippen LogP contribution in [0.1, 0.15) is 12.0 Å². The fourth-order valence-corrected chi connectivity index (χ4v) is 0.860. The number of hydrogen-bond donors (Lipinski definition) is 1. The van der Waals surface area contributed by atoms with Crippen molar-refractivity contribution in [3.8, 4) is 0 Å². The molecule has 0 fully saturated rings. The van der Waals surface area contributed by atoms with Gasteiger partial charge in [-0.1, -0.05) is 6.07 Å². The van der Waals surface area contributed by atoms with Crippen molar-refractivity contribution in [1.82, 2.24) is 4.98 Å². The number of allylic oxidation sites excluding steroid dienone is 1. The van der Waals surface area contributed by atoms with Crippen molar-refractivity contribution < 1.29 is 9.90 Å². The van der Waals surface area contributed by atoms with Gasteiger partial charge in [0.05, 0.1) is 0 Å². The maximum absolute atomic E-state index is 9.90. The molecule has 0 atom stereocenters. The van der Waals surface area contributed by atoms with E-state index in [1.165, 1.54) is 5.94 Å². The summed E-state index contributed by atoms with van der Waals surface area (Å²) in [5.74, 6) is 1.20. The Bertz CT molecular complexity index is 289. The van der Waals surface area contributed by atoms with E-state index in [2.05, 4.69) is 4.98 Å². The van der Waals surface area contributed by atoms with Gasteiger partial charge in [-0.15, -0.1) is 0 Å². The highest BCUT2D eigenvalue weighted by Gasteiger charge is 1.95. The van der Waals surface area contributed by atoms with E-state index in [0.29, 0.717) is 12.8 Å². The molecule has 1 aromatic heterocycles. The Kier molecular flexibility index (Phi) is 3.05. The molecule has 0 aromatic carbocycles. The molecule has 1 heterocycles. The number of rotatable bonds is 3. The number of aryl methyl sites for hydroxylation is 1. The number of aliphatic hydroxyl groups excluding tert-OH is 1. The first-order valence-corrected chi connectivity index (χ1v) is 3.65. The molecule has 1 rings (SSSR count). The van der Waals surface area contributed by atoms with Crippen LogP contribution in [0.3, 0.4) is 0 Å². The fraction of sp³-hybridized carbons (Fsp3) is 0.222. The van der Waals surface area contributed by atoms with Crippen molar-refractivity contribution in [3.05, 3.63) is 35.8 Å². The normalized spacial score (nSPS) is 9.00. The molecule has 0 amide bonds. The van der Waals surface area contributed by atoms with Gasteiger partial charge in [-0.3, -0.25) is 4.98 Å². The van der Waals surface area contributed by atoms with Crippen molar-refractivity contribution in [2.45, 2.75) is 12.8 Å². The van der Waals surface area contributed by atoms with Gasteiger partial charge >= 0.3 is 0 Å². The van der Waals surface area contributed by atoms with Crippen molar-refractivity contribution >= 4 is 5.94 Å². The molecule has 62 valence electrons. The number of nitrogens with zero attached hydrogens (tertiary/aromatic N) is 1. The molecule has 0 aliphatic rings. The van der Waals surface area contributed by atoms with Crippen molar-refractivity contribution in [2.24, 2.45) is 0 Å². The summed E-state index contributed by atoms with van der Waals surface area (Å²) < 4.78 is 0. The number of aromatic nitrogens is 1. The minimum atomic E-state index is -0.237. The summed E-state index contributed by atoms with van der Waals surface area (Å²) in [4.78, 5) is 13.8. The van der Waals surface area contributed by atoms with E-state index in [4.69, 9.17) is 5.11 Å². The lowest BCUT2D eigenvalue weighted by molar-refractivity contribution is 0.389. The molecule has 0 aliphatic heterocycles. The Balaban J connectivity index is 2.49. The van der Waals surface area contributed by atoms with Crippen LogP contribution in [0, 0.1) is 0 Å². The molecule has 0 aliphatic carbocycles. The second-order valence-electron chi connectivity index (χ2n) is 2.41. The van der Waals surface area contributed by atoms with Gasteiger partial charge in [-0.25, -0.2) is 4.79 Å². The van der Waals surface area contributed by atoms with Crippen LogP contribution >= 0.6 is 0 Å². The van der Waals surface area contributed by atoms with Crippen LogP contribution in [-0.2, 0) is 11.2 Å². The van der Waals surface area contributed by atoms with E-state index in [9.17, 15) is 4.79 Å². The van der Waals surface area contributed by atoms with Crippen LogP contribution in [0.2, 0.25) is 0 Å². The highest BCUT2D eigenvalue weighted by molar-refractivity contribution is 5.48. The quantitative estimate of drug-likeness (QED) is 0.539. The molecule has 12 heavy (non-hydrogen) atoms. The van der Waals surface area contributed by atoms with Crippen LogP contribution in [0.25, 0.3) is 0 Å². The molecule has 3 heteroatoms. The van der Waals surface area contributed by atoms with Crippen LogP contribution in [-0.4, -0.2) is 16.0 Å². The standard InChI is InChI=1S/C9H9NO2/c11-7-9(12)4-3-8-2-1-5-10-6-8/h1-2,5-6,12H,3-4H2. The zero-order valence-electron chi connectivity index (χ0n) is 6.53. The summed E-state index contributed by atoms with van der Waals surface area (Å²) in [5.41, 5.74) is 0.999. The number of hydrogen-bond acceptors (Lipinski definition) is 3. The Labute approximate surface area is 70.4 Å². The van der Waals surface area contributed by atoms with Gasteiger partial charge < -0.3 is 5.11 Å². The molecule has 1 aromatic rings. The maximum atomic E-state index is 9.90. The summed E-state index contributed by atoms with van der Waals surface area (Å²) in [5, 5.41) is 8.79. The van der Waals surface area contributed by atoms with Gasteiger partial charge in [0.25, 0.3) is 0 Å². The fourth-order valence-electron chi connectivity index (χ4n) is 0.860. The highest BCUT2D eigenvalue weighted by atomic mass is 16.3. The predicted octanol–water partition coefficient (Wildman–Crippen LogP) is 1.29. The average molecular weight is 163 g/mol. The van der Waals surface area contributed by atoms with Crippen LogP contribution < -0.4 is 0 Å². The SMILES string of the molecule is O=C=C(O)CCc1cccnc1. The molecule has 0 saturated carbocycles. The second kappa shape index (κ2) is 4.31. The highest BCUT2D eigenvalue weighted by Crippen LogP contribution is 2.02. The Morgan fingerprint density at radius 3 is 3.08 bits per heavy atom. The summed E-state index contributed by atoms with van der Waals surface area (Å²) >= 11 is 0. The first kappa shape index (κ1) is 8.50. The predicted molar refractivity (Wildman–Crippen MR) is 44.4 cm³/mol. The van der Waals surface area contributed by atoms with Gasteiger partial charge in [0.2, 0.25) is 0 Å². The van der Waals surface area contributed by atoms with E-state index >= 15 is 0 Å². The minimum absolute atomic E-state index is 0.237. The molecule has 1 N–H and O–H groups in total. The third-order valence-corrected chi connectivity index (χ3v) is 1.49. The van der Waals surface area contributed by atoms with Crippen LogP contribution in [0.15, 0.2) is 30.3 Å². The number of aliphatic hydroxyl groups is 1. The molecule has 0 radical (unpaired) electrons. The van der Waals surface area contributed by atoms with Gasteiger partial charge in [0.1, 0.15) is 0 Å². The summed E-state index contributed by atoms with van der Waals surface area (Å²) in [6.45, 7) is 0. The Morgan fingerprint density at radius 1 is 1.67 bits per heavy atom. The van der Waals surface area contributed by atoms with Crippen molar-refractivity contribution in [3.63, 3.8) is 0 Å². The monoisotopic (exact) mass is 163 g/mol. The third kappa shape index (κ3) is 2.56. The lowest BCUT2D eigenvalue weighted by Crippen LogP contribution is -1.89. The average Bonchev–Trinajstić information content (AvgIpc) is 2.16. The van der Waals surface area contributed by atoms with E-state index in [0.717, 1.165) is 5.56 Å². The first-order valence-electron chi connectivity index (χ1n) is 3.65. The summed E-state index contributed by atoms with van der Waals surface area (Å²) in [7, 11) is 0. The number of carbonyl (C=O) groups excluding carboxylic acids is 1. The zero-order valence-corrected chi connectivity index (χ0v) is 6.53. The van der Waals surface area contributed by atoms with E-state index in [-0.39, 0.29) is 5.76 Å². The summed E-state index contributed by atoms with van der Waals surface area (Å²) in [6.07, 6.45) is 4.33. The number of pyridine rings is 1. The van der Waals surface area contributed by atoms with Gasteiger partial charge in [0.15, 0.2) is 11.7 Å². The smallest absolute Gasteiger partial charge is 0.177 e. The van der Waals surface area contributed by atoms with Crippen LogP contribution in [0.5, 0.6) is 0 Å². The van der Waals surface area contributed by atoms with Crippen molar-refractivity contribution in [2.75, 3.05) is 0 Å². The lowest BCUT2D eigenvalue weighted by Gasteiger charge is -1.96. The first-order chi connectivity index (χ1) is 5.83. The third-order valence-electron chi connectivity index (χ3n) is 1.49. The summed E-state index contributed by atoms with van der Waals surface area (Å²) in [6, 6.07) is 3.71. The topological polar surface area (TPSA) is 50.2 Å². The van der Waals surface area contributed by atoms with Gasteiger partial charge in [0, 0.05) is 18.8 Å². The lowest BCUT2D eigenvalue weighted by atomic mass is 10.1. The Morgan fingerprint density at radius 2 is 2.50 bits per heavy atom. The molecule has 0 unspecified atom stereocenters. The largest absolute Gasteiger partial charge is 0.502 e. The van der Waals surface area contributed by atoms with Crippen molar-refractivity contribution in [1.29, 1.82) is 0 Å². The molecular formula is C9H9NO2. The van der Waals surface area contributed by atoms with E-state index in [1.807, 2.05) is 12.1 Å². The molecule has 0 bridgehead atoms. The van der Waals surface area contributed by atoms with Crippen LogP contribution in [0.4, 0.5) is 0 Å². The minimum Gasteiger partial charge on any atom is -0.502 e. The molecule has 0 saturated heterocycles. The maximum Gasteiger partial charge on any atom is 0.177 e. The zero-order chi connectivity index (χ0) is 8.81. The van der Waals surface area contributed by atoms with Gasteiger partial charge in [-0.2, -0.15) is 0 Å². The Hall–Kier alpha value is -1.60.